The van der Waals surface area contributed by atoms with Gasteiger partial charge in [0.2, 0.25) is 5.91 Å². The number of nitrogens with zero attached hydrogens (tertiary/aromatic N) is 4. The van der Waals surface area contributed by atoms with Crippen LogP contribution < -0.4 is 16.6 Å². The van der Waals surface area contributed by atoms with Gasteiger partial charge in [-0.2, -0.15) is 0 Å². The third-order valence-electron chi connectivity index (χ3n) is 3.89. The maximum atomic E-state index is 12.3. The van der Waals surface area contributed by atoms with Gasteiger partial charge in [-0.25, -0.2) is 9.78 Å². The summed E-state index contributed by atoms with van der Waals surface area (Å²) < 4.78 is 3.85. The van der Waals surface area contributed by atoms with E-state index in [-0.39, 0.29) is 23.1 Å². The van der Waals surface area contributed by atoms with Crippen molar-refractivity contribution >= 4 is 17.1 Å². The summed E-state index contributed by atoms with van der Waals surface area (Å²) in [6.07, 6.45) is 3.43. The first-order chi connectivity index (χ1) is 9.91. The van der Waals surface area contributed by atoms with Crippen LogP contribution in [0.25, 0.3) is 11.2 Å². The van der Waals surface area contributed by atoms with Crippen molar-refractivity contribution in [1.29, 1.82) is 0 Å². The number of nitrogens with one attached hydrogen (secondary N) is 1. The van der Waals surface area contributed by atoms with Crippen LogP contribution in [-0.4, -0.2) is 30.6 Å². The minimum Gasteiger partial charge on any atom is -0.352 e. The zero-order valence-corrected chi connectivity index (χ0v) is 12.2. The maximum absolute atomic E-state index is 12.3. The largest absolute Gasteiger partial charge is 0.352 e. The Morgan fingerprint density at radius 2 is 2.00 bits per heavy atom. The number of hydrogen-bond donors (Lipinski definition) is 1. The maximum Gasteiger partial charge on any atom is 0.332 e. The van der Waals surface area contributed by atoms with E-state index >= 15 is 0 Å². The third kappa shape index (κ3) is 2.07. The van der Waals surface area contributed by atoms with Gasteiger partial charge in [0, 0.05) is 20.1 Å². The zero-order valence-electron chi connectivity index (χ0n) is 12.2. The molecule has 21 heavy (non-hydrogen) atoms. The van der Waals surface area contributed by atoms with Crippen LogP contribution in [0.2, 0.25) is 0 Å². The highest BCUT2D eigenvalue weighted by molar-refractivity contribution is 5.83. The Morgan fingerprint density at radius 1 is 1.33 bits per heavy atom. The summed E-state index contributed by atoms with van der Waals surface area (Å²) in [5, 5.41) is 2.90. The Bertz CT molecular complexity index is 840. The zero-order chi connectivity index (χ0) is 15.3. The van der Waals surface area contributed by atoms with E-state index in [1.54, 1.807) is 14.0 Å². The topological polar surface area (TPSA) is 90.9 Å². The van der Waals surface area contributed by atoms with Crippen molar-refractivity contribution < 1.29 is 4.79 Å². The molecule has 1 atom stereocenters. The molecule has 2 aromatic heterocycles. The predicted octanol–water partition coefficient (Wildman–Crippen LogP) is -0.727. The average molecular weight is 291 g/mol. The first-order valence-corrected chi connectivity index (χ1v) is 6.84. The predicted molar refractivity (Wildman–Crippen MR) is 76.1 cm³/mol. The lowest BCUT2D eigenvalue weighted by atomic mass is 10.3. The summed E-state index contributed by atoms with van der Waals surface area (Å²) >= 11 is 0. The Hall–Kier alpha value is -2.38. The van der Waals surface area contributed by atoms with Gasteiger partial charge in [-0.15, -0.1) is 0 Å². The number of aromatic nitrogens is 4. The molecule has 0 aliphatic heterocycles. The van der Waals surface area contributed by atoms with Gasteiger partial charge in [-0.05, 0) is 19.8 Å². The molecule has 1 aliphatic rings. The molecule has 0 bridgehead atoms. The van der Waals surface area contributed by atoms with Crippen LogP contribution in [0.5, 0.6) is 0 Å². The Balaban J connectivity index is 2.13. The highest BCUT2D eigenvalue weighted by Crippen LogP contribution is 2.20. The van der Waals surface area contributed by atoms with Crippen LogP contribution >= 0.6 is 0 Å². The lowest BCUT2D eigenvalue weighted by molar-refractivity contribution is -0.123. The van der Waals surface area contributed by atoms with Crippen molar-refractivity contribution in [1.82, 2.24) is 24.0 Å². The molecule has 3 rings (SSSR count). The number of carbonyl (C=O) groups excluding carboxylic acids is 1. The van der Waals surface area contributed by atoms with Crippen molar-refractivity contribution in [2.75, 3.05) is 0 Å². The summed E-state index contributed by atoms with van der Waals surface area (Å²) in [6, 6.07) is -0.303. The number of carbonyl (C=O) groups is 1. The second kappa shape index (κ2) is 4.57. The van der Waals surface area contributed by atoms with Crippen molar-refractivity contribution in [2.45, 2.75) is 31.8 Å². The Kier molecular flexibility index (Phi) is 2.96. The molecule has 1 N–H and O–H groups in total. The SMILES string of the molecule is C[C@H](C(=O)NC1CC1)n1cnc2c1c(=O)n(C)c(=O)n2C. The van der Waals surface area contributed by atoms with E-state index in [4.69, 9.17) is 0 Å². The van der Waals surface area contributed by atoms with E-state index in [9.17, 15) is 14.4 Å². The first kappa shape index (κ1) is 13.6. The second-order valence-electron chi connectivity index (χ2n) is 5.49. The van der Waals surface area contributed by atoms with Crippen LogP contribution in [0.3, 0.4) is 0 Å². The second-order valence-corrected chi connectivity index (χ2v) is 5.49. The van der Waals surface area contributed by atoms with Crippen LogP contribution in [-0.2, 0) is 18.9 Å². The van der Waals surface area contributed by atoms with Gasteiger partial charge >= 0.3 is 5.69 Å². The monoisotopic (exact) mass is 291 g/mol. The molecule has 112 valence electrons. The average Bonchev–Trinajstić information content (AvgIpc) is 3.16. The lowest BCUT2D eigenvalue weighted by Gasteiger charge is -2.14. The molecule has 0 aromatic carbocycles. The number of imidazole rings is 1. The molecule has 8 heteroatoms. The van der Waals surface area contributed by atoms with E-state index in [0.29, 0.717) is 0 Å². The smallest absolute Gasteiger partial charge is 0.332 e. The van der Waals surface area contributed by atoms with Crippen molar-refractivity contribution in [3.8, 4) is 0 Å². The highest BCUT2D eigenvalue weighted by atomic mass is 16.2. The number of fused-ring (bicyclic) bond motifs is 1. The summed E-state index contributed by atoms with van der Waals surface area (Å²) in [7, 11) is 2.97. The van der Waals surface area contributed by atoms with E-state index < -0.39 is 17.3 Å². The van der Waals surface area contributed by atoms with Gasteiger partial charge < -0.3 is 9.88 Å². The van der Waals surface area contributed by atoms with Gasteiger partial charge in [0.1, 0.15) is 6.04 Å². The van der Waals surface area contributed by atoms with Crippen LogP contribution in [0, 0.1) is 0 Å². The molecule has 2 aromatic rings. The van der Waals surface area contributed by atoms with Crippen molar-refractivity contribution in [3.63, 3.8) is 0 Å². The lowest BCUT2D eigenvalue weighted by Crippen LogP contribution is -2.39. The van der Waals surface area contributed by atoms with E-state index in [1.807, 2.05) is 0 Å². The standard InChI is InChI=1S/C13H17N5O3/c1-7(11(19)15-8-4-5-8)18-6-14-10-9(18)12(20)17(3)13(21)16(10)2/h6-8H,4-5H2,1-3H3,(H,15,19)/t7-/m1/s1. The molecule has 0 radical (unpaired) electrons. The molecular weight excluding hydrogens is 274 g/mol. The molecule has 1 fully saturated rings. The minimum atomic E-state index is -0.555. The Labute approximate surface area is 120 Å². The molecule has 1 amide bonds. The molecule has 1 aliphatic carbocycles. The summed E-state index contributed by atoms with van der Waals surface area (Å²) in [5.74, 6) is -0.146. The molecule has 1 saturated carbocycles. The fourth-order valence-electron chi connectivity index (χ4n) is 2.33. The number of hydrogen-bond acceptors (Lipinski definition) is 4. The van der Waals surface area contributed by atoms with E-state index in [2.05, 4.69) is 10.3 Å². The van der Waals surface area contributed by atoms with Crippen LogP contribution in [0.15, 0.2) is 15.9 Å². The van der Waals surface area contributed by atoms with Gasteiger partial charge in [-0.3, -0.25) is 18.7 Å². The van der Waals surface area contributed by atoms with Crippen LogP contribution in [0.1, 0.15) is 25.8 Å². The Morgan fingerprint density at radius 3 is 2.62 bits per heavy atom. The number of amides is 1. The molecular formula is C13H17N5O3. The summed E-state index contributed by atoms with van der Waals surface area (Å²) in [5.41, 5.74) is -0.336. The molecule has 0 unspecified atom stereocenters. The van der Waals surface area contributed by atoms with Crippen molar-refractivity contribution in [3.05, 3.63) is 27.2 Å². The molecule has 0 spiro atoms. The first-order valence-electron chi connectivity index (χ1n) is 6.84. The van der Waals surface area contributed by atoms with E-state index in [1.165, 1.54) is 22.5 Å². The normalized spacial score (nSPS) is 16.1. The number of rotatable bonds is 3. The van der Waals surface area contributed by atoms with Gasteiger partial charge in [0.15, 0.2) is 11.2 Å². The quantitative estimate of drug-likeness (QED) is 0.807. The fraction of sp³-hybridized carbons (Fsp3) is 0.538. The summed E-state index contributed by atoms with van der Waals surface area (Å²) in [4.78, 5) is 40.4. The third-order valence-corrected chi connectivity index (χ3v) is 3.89. The van der Waals surface area contributed by atoms with Crippen LogP contribution in [0.4, 0.5) is 0 Å². The highest BCUT2D eigenvalue weighted by Gasteiger charge is 2.27. The van der Waals surface area contributed by atoms with Gasteiger partial charge in [0.25, 0.3) is 5.56 Å². The summed E-state index contributed by atoms with van der Waals surface area (Å²) in [6.45, 7) is 1.71. The fourth-order valence-corrected chi connectivity index (χ4v) is 2.33. The number of aryl methyl sites for hydroxylation is 1. The molecule has 0 saturated heterocycles. The van der Waals surface area contributed by atoms with Gasteiger partial charge in [0.05, 0.1) is 6.33 Å². The van der Waals surface area contributed by atoms with E-state index in [0.717, 1.165) is 17.4 Å². The van der Waals surface area contributed by atoms with Gasteiger partial charge in [-0.1, -0.05) is 0 Å². The molecule has 8 nitrogen and oxygen atoms in total. The molecule has 2 heterocycles. The van der Waals surface area contributed by atoms with Crippen molar-refractivity contribution in [2.24, 2.45) is 14.1 Å². The minimum absolute atomic E-state index is 0.146.